The van der Waals surface area contributed by atoms with Crippen LogP contribution in [-0.2, 0) is 16.6 Å². The number of aryl methyl sites for hydroxylation is 2. The molecule has 28 heavy (non-hydrogen) atoms. The first-order chi connectivity index (χ1) is 13.4. The monoisotopic (exact) mass is 398 g/mol. The van der Waals surface area contributed by atoms with Crippen molar-refractivity contribution < 1.29 is 8.42 Å². The zero-order valence-electron chi connectivity index (χ0n) is 16.4. The summed E-state index contributed by atoms with van der Waals surface area (Å²) in [6.45, 7) is 3.96. The molecule has 0 amide bonds. The summed E-state index contributed by atoms with van der Waals surface area (Å²) in [4.78, 5) is 9.51. The number of nitrogens with one attached hydrogen (secondary N) is 1. The number of benzene rings is 1. The van der Waals surface area contributed by atoms with Crippen molar-refractivity contribution in [2.45, 2.75) is 63.4 Å². The third-order valence-electron chi connectivity index (χ3n) is 5.39. The van der Waals surface area contributed by atoms with Crippen LogP contribution in [0.15, 0.2) is 41.4 Å². The number of imidazole rings is 1. The zero-order valence-corrected chi connectivity index (χ0v) is 17.2. The molecule has 0 atom stereocenters. The van der Waals surface area contributed by atoms with Crippen molar-refractivity contribution in [1.29, 1.82) is 0 Å². The third kappa shape index (κ3) is 3.82. The van der Waals surface area contributed by atoms with Crippen molar-refractivity contribution in [3.8, 4) is 0 Å². The summed E-state index contributed by atoms with van der Waals surface area (Å²) in [7, 11) is -3.61. The Balaban J connectivity index is 1.66. The van der Waals surface area contributed by atoms with Gasteiger partial charge in [-0.1, -0.05) is 25.3 Å². The Morgan fingerprint density at radius 2 is 1.82 bits per heavy atom. The number of aromatic nitrogens is 3. The van der Waals surface area contributed by atoms with Gasteiger partial charge in [-0.15, -0.1) is 0 Å². The largest absolute Gasteiger partial charge is 0.308 e. The molecule has 0 saturated heterocycles. The lowest BCUT2D eigenvalue weighted by molar-refractivity contribution is 0.350. The van der Waals surface area contributed by atoms with Crippen LogP contribution in [0, 0.1) is 13.8 Å². The van der Waals surface area contributed by atoms with Gasteiger partial charge in [-0.2, -0.15) is 0 Å². The maximum absolute atomic E-state index is 12.8. The molecule has 0 radical (unpaired) electrons. The van der Waals surface area contributed by atoms with E-state index in [4.69, 9.17) is 4.98 Å². The fraction of sp³-hybridized carbons (Fsp3) is 0.429. The van der Waals surface area contributed by atoms with Crippen molar-refractivity contribution in [3.63, 3.8) is 0 Å². The highest BCUT2D eigenvalue weighted by Gasteiger charge is 2.23. The molecule has 1 aliphatic rings. The normalized spacial score (nSPS) is 15.9. The van der Waals surface area contributed by atoms with Crippen molar-refractivity contribution >= 4 is 21.2 Å². The van der Waals surface area contributed by atoms with Crippen molar-refractivity contribution in [3.05, 3.63) is 53.5 Å². The fourth-order valence-corrected chi connectivity index (χ4v) is 5.32. The summed E-state index contributed by atoms with van der Waals surface area (Å²) >= 11 is 0. The van der Waals surface area contributed by atoms with Crippen LogP contribution in [0.2, 0.25) is 0 Å². The summed E-state index contributed by atoms with van der Waals surface area (Å²) in [6.07, 6.45) is 7.56. The van der Waals surface area contributed by atoms with Gasteiger partial charge in [0.15, 0.2) is 5.65 Å². The average molecular weight is 399 g/mol. The number of hydrogen-bond acceptors (Lipinski definition) is 4. The molecule has 2 aromatic heterocycles. The quantitative estimate of drug-likeness (QED) is 0.704. The highest BCUT2D eigenvalue weighted by Crippen LogP contribution is 2.32. The highest BCUT2D eigenvalue weighted by atomic mass is 32.2. The smallest absolute Gasteiger partial charge is 0.240 e. The number of sulfonamides is 1. The van der Waals surface area contributed by atoms with Gasteiger partial charge in [-0.05, 0) is 62.1 Å². The van der Waals surface area contributed by atoms with Crippen LogP contribution >= 0.6 is 0 Å². The van der Waals surface area contributed by atoms with E-state index in [1.54, 1.807) is 18.3 Å². The first-order valence-corrected chi connectivity index (χ1v) is 11.3. The molecule has 0 spiro atoms. The maximum atomic E-state index is 12.8. The summed E-state index contributed by atoms with van der Waals surface area (Å²) in [5.74, 6) is 0.730. The first-order valence-electron chi connectivity index (χ1n) is 9.84. The zero-order chi connectivity index (χ0) is 19.7. The average Bonchev–Trinajstić information content (AvgIpc) is 3.05. The molecule has 0 unspecified atom stereocenters. The predicted molar refractivity (Wildman–Crippen MR) is 110 cm³/mol. The molecule has 148 valence electrons. The Labute approximate surface area is 166 Å². The van der Waals surface area contributed by atoms with E-state index in [-0.39, 0.29) is 6.54 Å². The van der Waals surface area contributed by atoms with E-state index in [2.05, 4.69) is 14.3 Å². The maximum Gasteiger partial charge on any atom is 0.240 e. The minimum absolute atomic E-state index is 0.155. The van der Waals surface area contributed by atoms with Crippen LogP contribution in [-0.4, -0.2) is 23.0 Å². The lowest BCUT2D eigenvalue weighted by Crippen LogP contribution is -2.26. The molecule has 1 saturated carbocycles. The molecular weight excluding hydrogens is 372 g/mol. The highest BCUT2D eigenvalue weighted by molar-refractivity contribution is 7.89. The molecule has 7 heteroatoms. The summed E-state index contributed by atoms with van der Waals surface area (Å²) in [5.41, 5.74) is 3.52. The van der Waals surface area contributed by atoms with Crippen LogP contribution in [0.5, 0.6) is 0 Å². The molecule has 6 nitrogen and oxygen atoms in total. The molecule has 2 heterocycles. The van der Waals surface area contributed by atoms with Crippen LogP contribution in [0.25, 0.3) is 11.2 Å². The lowest BCUT2D eigenvalue weighted by Gasteiger charge is -2.25. The van der Waals surface area contributed by atoms with Gasteiger partial charge < -0.3 is 4.57 Å². The van der Waals surface area contributed by atoms with E-state index in [1.807, 2.05) is 32.0 Å². The molecule has 1 N–H and O–H groups in total. The van der Waals surface area contributed by atoms with Crippen LogP contribution in [0.3, 0.4) is 0 Å². The number of rotatable bonds is 5. The molecular formula is C21H26N4O2S. The van der Waals surface area contributed by atoms with Crippen molar-refractivity contribution in [2.24, 2.45) is 0 Å². The Hall–Kier alpha value is -2.25. The Kier molecular flexibility index (Phi) is 5.21. The number of nitrogens with zero attached hydrogens (tertiary/aromatic N) is 3. The second-order valence-corrected chi connectivity index (χ2v) is 9.45. The van der Waals surface area contributed by atoms with Crippen LogP contribution in [0.1, 0.15) is 55.1 Å². The van der Waals surface area contributed by atoms with E-state index in [1.165, 1.54) is 19.3 Å². The van der Waals surface area contributed by atoms with Crippen LogP contribution in [0.4, 0.5) is 0 Å². The van der Waals surface area contributed by atoms with Gasteiger partial charge in [-0.25, -0.2) is 23.1 Å². The lowest BCUT2D eigenvalue weighted by atomic mass is 9.95. The van der Waals surface area contributed by atoms with Gasteiger partial charge in [0.1, 0.15) is 11.3 Å². The second kappa shape index (κ2) is 7.64. The molecule has 3 aromatic rings. The first kappa shape index (κ1) is 19.1. The van der Waals surface area contributed by atoms with Gasteiger partial charge in [0.2, 0.25) is 10.0 Å². The summed E-state index contributed by atoms with van der Waals surface area (Å²) in [5, 5.41) is 0. The van der Waals surface area contributed by atoms with E-state index < -0.39 is 10.0 Å². The molecule has 0 aliphatic heterocycles. The van der Waals surface area contributed by atoms with Gasteiger partial charge >= 0.3 is 0 Å². The molecule has 1 aromatic carbocycles. The van der Waals surface area contributed by atoms with Gasteiger partial charge in [0.05, 0.1) is 11.4 Å². The van der Waals surface area contributed by atoms with Crippen LogP contribution < -0.4 is 4.72 Å². The third-order valence-corrected chi connectivity index (χ3v) is 6.77. The number of pyridine rings is 1. The van der Waals surface area contributed by atoms with E-state index >= 15 is 0 Å². The standard InChI is InChI=1S/C21H26N4O2S/c1-15-11-16(2)13-18(12-15)28(26,27)23-14-20-24-19-9-6-10-22-21(19)25(20)17-7-4-3-5-8-17/h6,9-13,17,23H,3-5,7-8,14H2,1-2H3. The second-order valence-electron chi connectivity index (χ2n) is 7.68. The van der Waals surface area contributed by atoms with Gasteiger partial charge in [0.25, 0.3) is 0 Å². The van der Waals surface area contributed by atoms with E-state index in [9.17, 15) is 8.42 Å². The number of hydrogen-bond donors (Lipinski definition) is 1. The molecule has 1 fully saturated rings. The number of fused-ring (bicyclic) bond motifs is 1. The molecule has 1 aliphatic carbocycles. The molecule has 0 bridgehead atoms. The Morgan fingerprint density at radius 1 is 1.11 bits per heavy atom. The summed E-state index contributed by atoms with van der Waals surface area (Å²) in [6, 6.07) is 9.48. The van der Waals surface area contributed by atoms with Gasteiger partial charge in [-0.3, -0.25) is 0 Å². The van der Waals surface area contributed by atoms with Gasteiger partial charge in [0, 0.05) is 12.2 Å². The van der Waals surface area contributed by atoms with E-state index in [0.29, 0.717) is 10.9 Å². The summed E-state index contributed by atoms with van der Waals surface area (Å²) < 4.78 is 30.6. The van der Waals surface area contributed by atoms with Crippen molar-refractivity contribution in [1.82, 2.24) is 19.3 Å². The minimum Gasteiger partial charge on any atom is -0.308 e. The van der Waals surface area contributed by atoms with Crippen molar-refractivity contribution in [2.75, 3.05) is 0 Å². The molecule has 4 rings (SSSR count). The predicted octanol–water partition coefficient (Wildman–Crippen LogP) is 4.03. The topological polar surface area (TPSA) is 76.9 Å². The minimum atomic E-state index is -3.61. The SMILES string of the molecule is Cc1cc(C)cc(S(=O)(=O)NCc2nc3cccnc3n2C2CCCCC2)c1. The van der Waals surface area contributed by atoms with E-state index in [0.717, 1.165) is 41.0 Å². The fourth-order valence-electron chi connectivity index (χ4n) is 4.16. The Morgan fingerprint density at radius 3 is 2.54 bits per heavy atom. The Bertz CT molecular complexity index is 1080.